The summed E-state index contributed by atoms with van der Waals surface area (Å²) in [7, 11) is 0. The first-order valence-electron chi connectivity index (χ1n) is 4.60. The molecule has 3 N–H and O–H groups in total. The topological polar surface area (TPSA) is 95.1 Å². The standard InChI is InChI=1S/C9H13N3O3/c1-6(9-10-4-5-11-9)12-7(13)2-3-8(14)15/h4-6H,2-3H2,1H3,(H,10,11)(H,12,13)(H,14,15). The molecule has 82 valence electrons. The number of carbonyl (C=O) groups excluding carboxylic acids is 1. The Morgan fingerprint density at radius 2 is 2.33 bits per heavy atom. The van der Waals surface area contributed by atoms with E-state index < -0.39 is 5.97 Å². The summed E-state index contributed by atoms with van der Waals surface area (Å²) >= 11 is 0. The Morgan fingerprint density at radius 1 is 1.60 bits per heavy atom. The zero-order valence-corrected chi connectivity index (χ0v) is 8.36. The van der Waals surface area contributed by atoms with Crippen molar-refractivity contribution in [3.05, 3.63) is 18.2 Å². The van der Waals surface area contributed by atoms with Gasteiger partial charge in [0, 0.05) is 18.8 Å². The lowest BCUT2D eigenvalue weighted by molar-refractivity contribution is -0.138. The predicted molar refractivity (Wildman–Crippen MR) is 52.0 cm³/mol. The maximum Gasteiger partial charge on any atom is 0.303 e. The third-order valence-corrected chi connectivity index (χ3v) is 1.87. The van der Waals surface area contributed by atoms with Gasteiger partial charge in [-0.25, -0.2) is 4.98 Å². The highest BCUT2D eigenvalue weighted by Crippen LogP contribution is 2.05. The van der Waals surface area contributed by atoms with Crippen molar-refractivity contribution >= 4 is 11.9 Å². The maximum atomic E-state index is 11.2. The fourth-order valence-corrected chi connectivity index (χ4v) is 1.12. The van der Waals surface area contributed by atoms with Crippen molar-refractivity contribution in [1.82, 2.24) is 15.3 Å². The molecule has 1 amide bonds. The number of carboxylic acid groups (broad SMARTS) is 1. The van der Waals surface area contributed by atoms with Crippen LogP contribution < -0.4 is 5.32 Å². The zero-order chi connectivity index (χ0) is 11.3. The molecule has 0 saturated carbocycles. The highest BCUT2D eigenvalue weighted by molar-refractivity contribution is 5.80. The number of carboxylic acids is 1. The van der Waals surface area contributed by atoms with Gasteiger partial charge in [0.2, 0.25) is 5.91 Å². The molecule has 6 heteroatoms. The molecule has 1 aromatic heterocycles. The third-order valence-electron chi connectivity index (χ3n) is 1.87. The van der Waals surface area contributed by atoms with Gasteiger partial charge in [-0.1, -0.05) is 0 Å². The summed E-state index contributed by atoms with van der Waals surface area (Å²) in [4.78, 5) is 28.3. The van der Waals surface area contributed by atoms with Crippen LogP contribution in [-0.2, 0) is 9.59 Å². The largest absolute Gasteiger partial charge is 0.481 e. The van der Waals surface area contributed by atoms with E-state index in [2.05, 4.69) is 15.3 Å². The number of aromatic nitrogens is 2. The molecule has 1 unspecified atom stereocenters. The quantitative estimate of drug-likeness (QED) is 0.659. The van der Waals surface area contributed by atoms with Crippen molar-refractivity contribution in [3.63, 3.8) is 0 Å². The van der Waals surface area contributed by atoms with Gasteiger partial charge < -0.3 is 15.4 Å². The van der Waals surface area contributed by atoms with E-state index in [1.54, 1.807) is 19.3 Å². The summed E-state index contributed by atoms with van der Waals surface area (Å²) < 4.78 is 0. The van der Waals surface area contributed by atoms with E-state index in [1.807, 2.05) is 0 Å². The van der Waals surface area contributed by atoms with Crippen LogP contribution in [0.2, 0.25) is 0 Å². The summed E-state index contributed by atoms with van der Waals surface area (Å²) in [6.45, 7) is 1.78. The summed E-state index contributed by atoms with van der Waals surface area (Å²) in [5.41, 5.74) is 0. The lowest BCUT2D eigenvalue weighted by Gasteiger charge is -2.10. The van der Waals surface area contributed by atoms with E-state index >= 15 is 0 Å². The summed E-state index contributed by atoms with van der Waals surface area (Å²) in [6.07, 6.45) is 3.08. The van der Waals surface area contributed by atoms with Crippen LogP contribution in [0, 0.1) is 0 Å². The van der Waals surface area contributed by atoms with Crippen LogP contribution in [0.15, 0.2) is 12.4 Å². The molecule has 0 spiro atoms. The van der Waals surface area contributed by atoms with Crippen LogP contribution in [0.4, 0.5) is 0 Å². The molecule has 1 rings (SSSR count). The minimum atomic E-state index is -0.976. The maximum absolute atomic E-state index is 11.2. The number of amides is 1. The zero-order valence-electron chi connectivity index (χ0n) is 8.36. The second kappa shape index (κ2) is 5.14. The molecule has 0 aromatic carbocycles. The average Bonchev–Trinajstić information content (AvgIpc) is 2.67. The van der Waals surface area contributed by atoms with Gasteiger partial charge >= 0.3 is 5.97 Å². The van der Waals surface area contributed by atoms with Crippen LogP contribution in [-0.4, -0.2) is 27.0 Å². The van der Waals surface area contributed by atoms with Gasteiger partial charge in [0.25, 0.3) is 0 Å². The van der Waals surface area contributed by atoms with Gasteiger partial charge in [0.05, 0.1) is 12.5 Å². The van der Waals surface area contributed by atoms with Gasteiger partial charge in [0.15, 0.2) is 0 Å². The molecule has 1 aromatic rings. The molecule has 0 aliphatic rings. The predicted octanol–water partition coefficient (Wildman–Crippen LogP) is 0.452. The average molecular weight is 211 g/mol. The molecule has 15 heavy (non-hydrogen) atoms. The Balaban J connectivity index is 2.35. The number of nitrogens with one attached hydrogen (secondary N) is 2. The minimum absolute atomic E-state index is 0.0135. The van der Waals surface area contributed by atoms with E-state index in [-0.39, 0.29) is 24.8 Å². The smallest absolute Gasteiger partial charge is 0.303 e. The number of carbonyl (C=O) groups is 2. The van der Waals surface area contributed by atoms with Crippen molar-refractivity contribution in [1.29, 1.82) is 0 Å². The van der Waals surface area contributed by atoms with Crippen molar-refractivity contribution in [2.24, 2.45) is 0 Å². The molecule has 1 atom stereocenters. The van der Waals surface area contributed by atoms with Crippen molar-refractivity contribution < 1.29 is 14.7 Å². The Bertz CT molecular complexity index is 334. The van der Waals surface area contributed by atoms with Gasteiger partial charge in [-0.15, -0.1) is 0 Å². The lowest BCUT2D eigenvalue weighted by Crippen LogP contribution is -2.27. The fourth-order valence-electron chi connectivity index (χ4n) is 1.12. The molecule has 0 aliphatic carbocycles. The Morgan fingerprint density at radius 3 is 2.87 bits per heavy atom. The molecule has 0 radical (unpaired) electrons. The van der Waals surface area contributed by atoms with E-state index in [9.17, 15) is 9.59 Å². The number of nitrogens with zero attached hydrogens (tertiary/aromatic N) is 1. The minimum Gasteiger partial charge on any atom is -0.481 e. The van der Waals surface area contributed by atoms with Crippen LogP contribution in [0.3, 0.4) is 0 Å². The molecular weight excluding hydrogens is 198 g/mol. The summed E-state index contributed by atoms with van der Waals surface area (Å²) in [5, 5.41) is 11.0. The second-order valence-electron chi connectivity index (χ2n) is 3.16. The summed E-state index contributed by atoms with van der Waals surface area (Å²) in [5.74, 6) is -0.615. The van der Waals surface area contributed by atoms with E-state index in [0.29, 0.717) is 5.82 Å². The first-order chi connectivity index (χ1) is 7.09. The van der Waals surface area contributed by atoms with E-state index in [0.717, 1.165) is 0 Å². The van der Waals surface area contributed by atoms with Gasteiger partial charge in [-0.2, -0.15) is 0 Å². The number of hydrogen-bond acceptors (Lipinski definition) is 3. The number of hydrogen-bond donors (Lipinski definition) is 3. The second-order valence-corrected chi connectivity index (χ2v) is 3.16. The monoisotopic (exact) mass is 211 g/mol. The lowest BCUT2D eigenvalue weighted by atomic mass is 10.2. The molecule has 0 bridgehead atoms. The molecule has 0 saturated heterocycles. The molecule has 6 nitrogen and oxygen atoms in total. The Kier molecular flexibility index (Phi) is 3.84. The first kappa shape index (κ1) is 11.2. The van der Waals surface area contributed by atoms with Gasteiger partial charge in [-0.3, -0.25) is 9.59 Å². The molecular formula is C9H13N3O3. The van der Waals surface area contributed by atoms with E-state index in [4.69, 9.17) is 5.11 Å². The number of aromatic amines is 1. The van der Waals surface area contributed by atoms with Crippen molar-refractivity contribution in [2.45, 2.75) is 25.8 Å². The van der Waals surface area contributed by atoms with Crippen molar-refractivity contribution in [2.75, 3.05) is 0 Å². The van der Waals surface area contributed by atoms with Crippen LogP contribution in [0.1, 0.15) is 31.6 Å². The summed E-state index contributed by atoms with van der Waals surface area (Å²) in [6, 6.07) is -0.235. The van der Waals surface area contributed by atoms with Gasteiger partial charge in [-0.05, 0) is 6.92 Å². The molecule has 1 heterocycles. The SMILES string of the molecule is CC(NC(=O)CCC(=O)O)c1ncc[nH]1. The number of H-pyrrole nitrogens is 1. The van der Waals surface area contributed by atoms with Crippen LogP contribution in [0.5, 0.6) is 0 Å². The van der Waals surface area contributed by atoms with E-state index in [1.165, 1.54) is 0 Å². The Labute approximate surface area is 86.7 Å². The highest BCUT2D eigenvalue weighted by Gasteiger charge is 2.11. The molecule has 0 aliphatic heterocycles. The number of aliphatic carboxylic acids is 1. The van der Waals surface area contributed by atoms with Crippen LogP contribution >= 0.6 is 0 Å². The third kappa shape index (κ3) is 3.80. The Hall–Kier alpha value is -1.85. The number of rotatable bonds is 5. The first-order valence-corrected chi connectivity index (χ1v) is 4.60. The molecule has 0 fully saturated rings. The van der Waals surface area contributed by atoms with Crippen molar-refractivity contribution in [3.8, 4) is 0 Å². The fraction of sp³-hybridized carbons (Fsp3) is 0.444. The highest BCUT2D eigenvalue weighted by atomic mass is 16.4. The number of imidazole rings is 1. The van der Waals surface area contributed by atoms with Gasteiger partial charge in [0.1, 0.15) is 5.82 Å². The van der Waals surface area contributed by atoms with Crippen LogP contribution in [0.25, 0.3) is 0 Å². The normalized spacial score (nSPS) is 12.1.